The monoisotopic (exact) mass is 466 g/mol. The molecule has 8 atom stereocenters. The summed E-state index contributed by atoms with van der Waals surface area (Å²) in [6.45, 7) is 17.0. The molecule has 1 spiro atoms. The number of methoxy groups -OCH3 is 1. The molecule has 4 rings (SSSR count). The molecule has 2 saturated heterocycles. The van der Waals surface area contributed by atoms with Gasteiger partial charge in [0, 0.05) is 24.9 Å². The summed E-state index contributed by atoms with van der Waals surface area (Å²) in [4.78, 5) is 27.7. The summed E-state index contributed by atoms with van der Waals surface area (Å²) in [5, 5.41) is -0.102. The van der Waals surface area contributed by atoms with Crippen LogP contribution in [0, 0.1) is 17.3 Å². The van der Waals surface area contributed by atoms with Crippen molar-refractivity contribution in [2.75, 3.05) is 13.7 Å². The Balaban J connectivity index is 1.86. The highest BCUT2D eigenvalue weighted by atomic mass is 28.4. The number of hydrogen-bond acceptors (Lipinski definition) is 7. The number of esters is 1. The van der Waals surface area contributed by atoms with Crippen molar-refractivity contribution in [3.05, 3.63) is 12.2 Å². The predicted octanol–water partition coefficient (Wildman–Crippen LogP) is 3.62. The van der Waals surface area contributed by atoms with Crippen LogP contribution < -0.4 is 0 Å². The van der Waals surface area contributed by atoms with Gasteiger partial charge in [-0.25, -0.2) is 0 Å². The first kappa shape index (κ1) is 24.1. The summed E-state index contributed by atoms with van der Waals surface area (Å²) in [5.74, 6) is -0.879. The Labute approximate surface area is 192 Å². The SMILES string of the molecule is CCO[C@@H]1O[C@@H]2[C@@H](CC(=O)[C@]3(C(=O)OC)[C@H](O[Si](C)(C)C(C)(C)C)C=C[C@]4(C)O[C@]234)[C@H]1C. The third-order valence-electron chi connectivity index (χ3n) is 8.77. The summed E-state index contributed by atoms with van der Waals surface area (Å²) in [6.07, 6.45) is 2.32. The molecule has 0 unspecified atom stereocenters. The molecule has 2 aliphatic heterocycles. The third-order valence-corrected chi connectivity index (χ3v) is 13.2. The summed E-state index contributed by atoms with van der Waals surface area (Å²) < 4.78 is 30.8. The summed E-state index contributed by atoms with van der Waals surface area (Å²) >= 11 is 0. The molecule has 0 bridgehead atoms. The van der Waals surface area contributed by atoms with Crippen molar-refractivity contribution in [3.8, 4) is 0 Å². The van der Waals surface area contributed by atoms with Gasteiger partial charge in [-0.15, -0.1) is 0 Å². The Kier molecular flexibility index (Phi) is 5.43. The van der Waals surface area contributed by atoms with Gasteiger partial charge in [-0.05, 0) is 32.0 Å². The molecular weight excluding hydrogens is 428 g/mol. The lowest BCUT2D eigenvalue weighted by molar-refractivity contribution is -0.198. The Bertz CT molecular complexity index is 848. The van der Waals surface area contributed by atoms with Crippen molar-refractivity contribution in [2.24, 2.45) is 17.3 Å². The molecule has 32 heavy (non-hydrogen) atoms. The van der Waals surface area contributed by atoms with Crippen LogP contribution in [-0.4, -0.2) is 63.5 Å². The normalized spacial score (nSPS) is 45.2. The van der Waals surface area contributed by atoms with Gasteiger partial charge in [0.05, 0.1) is 19.3 Å². The van der Waals surface area contributed by atoms with E-state index in [9.17, 15) is 9.59 Å². The van der Waals surface area contributed by atoms with Crippen LogP contribution in [0.1, 0.15) is 48.0 Å². The molecule has 7 nitrogen and oxygen atoms in total. The Morgan fingerprint density at radius 2 is 1.97 bits per heavy atom. The largest absolute Gasteiger partial charge is 0.468 e. The maximum Gasteiger partial charge on any atom is 0.325 e. The van der Waals surface area contributed by atoms with Crippen molar-refractivity contribution in [3.63, 3.8) is 0 Å². The summed E-state index contributed by atoms with van der Waals surface area (Å²) in [7, 11) is -1.02. The zero-order valence-electron chi connectivity index (χ0n) is 20.8. The average molecular weight is 467 g/mol. The maximum absolute atomic E-state index is 14.0. The number of hydrogen-bond donors (Lipinski definition) is 0. The molecule has 0 radical (unpaired) electrons. The molecule has 2 heterocycles. The zero-order valence-corrected chi connectivity index (χ0v) is 21.8. The lowest BCUT2D eigenvalue weighted by Crippen LogP contribution is -2.71. The minimum absolute atomic E-state index is 0.00744. The van der Waals surface area contributed by atoms with Crippen LogP contribution in [0.5, 0.6) is 0 Å². The lowest BCUT2D eigenvalue weighted by Gasteiger charge is -2.52. The van der Waals surface area contributed by atoms with Gasteiger partial charge in [-0.1, -0.05) is 39.8 Å². The number of carbonyl (C=O) groups excluding carboxylic acids is 2. The minimum atomic E-state index is -2.35. The van der Waals surface area contributed by atoms with Crippen molar-refractivity contribution < 1.29 is 33.0 Å². The highest BCUT2D eigenvalue weighted by molar-refractivity contribution is 6.74. The van der Waals surface area contributed by atoms with Crippen LogP contribution in [0.2, 0.25) is 18.1 Å². The average Bonchev–Trinajstić information content (AvgIpc) is 3.22. The smallest absolute Gasteiger partial charge is 0.325 e. The number of ether oxygens (including phenoxy) is 4. The van der Waals surface area contributed by atoms with E-state index in [1.807, 2.05) is 32.9 Å². The number of Topliss-reactive ketones (excluding diaryl/α,β-unsaturated/α-hetero) is 1. The topological polar surface area (TPSA) is 83.6 Å². The zero-order chi connectivity index (χ0) is 23.9. The van der Waals surface area contributed by atoms with E-state index in [-0.39, 0.29) is 29.1 Å². The van der Waals surface area contributed by atoms with E-state index in [1.165, 1.54) is 7.11 Å². The fraction of sp³-hybridized carbons (Fsp3) is 0.833. The molecule has 0 aromatic rings. The van der Waals surface area contributed by atoms with E-state index in [0.717, 1.165) is 0 Å². The van der Waals surface area contributed by atoms with E-state index in [1.54, 1.807) is 0 Å². The molecular formula is C24H38O7Si. The van der Waals surface area contributed by atoms with Crippen molar-refractivity contribution in [2.45, 2.75) is 95.8 Å². The molecule has 3 fully saturated rings. The Morgan fingerprint density at radius 1 is 1.31 bits per heavy atom. The molecule has 2 aliphatic carbocycles. The van der Waals surface area contributed by atoms with Gasteiger partial charge in [-0.3, -0.25) is 9.59 Å². The molecule has 8 heteroatoms. The molecule has 0 aromatic carbocycles. The van der Waals surface area contributed by atoms with Gasteiger partial charge in [-0.2, -0.15) is 0 Å². The van der Waals surface area contributed by atoms with Crippen LogP contribution in [-0.2, 0) is 33.0 Å². The van der Waals surface area contributed by atoms with Gasteiger partial charge < -0.3 is 23.4 Å². The minimum Gasteiger partial charge on any atom is -0.468 e. The van der Waals surface area contributed by atoms with Crippen LogP contribution in [0.4, 0.5) is 0 Å². The second-order valence-corrected chi connectivity index (χ2v) is 16.2. The van der Waals surface area contributed by atoms with Gasteiger partial charge in [0.1, 0.15) is 5.60 Å². The Morgan fingerprint density at radius 3 is 2.53 bits per heavy atom. The lowest BCUT2D eigenvalue weighted by atomic mass is 9.52. The van der Waals surface area contributed by atoms with Crippen molar-refractivity contribution >= 4 is 20.1 Å². The quantitative estimate of drug-likeness (QED) is 0.201. The van der Waals surface area contributed by atoms with Gasteiger partial charge in [0.15, 0.2) is 31.4 Å². The number of fused-ring (bicyclic) bond motifs is 1. The fourth-order valence-corrected chi connectivity index (χ4v) is 7.17. The number of rotatable bonds is 5. The highest BCUT2D eigenvalue weighted by Crippen LogP contribution is 2.72. The summed E-state index contributed by atoms with van der Waals surface area (Å²) in [5.41, 5.74) is -3.59. The van der Waals surface area contributed by atoms with Crippen LogP contribution in [0.25, 0.3) is 0 Å². The van der Waals surface area contributed by atoms with Crippen LogP contribution >= 0.6 is 0 Å². The molecule has 1 saturated carbocycles. The van der Waals surface area contributed by atoms with E-state index >= 15 is 0 Å². The standard InChI is InChI=1S/C24H38O7Si/c1-10-28-19-14(2)15-13-16(25)23(20(26)27-7)17(30-32(8,9)21(3,4)5)11-12-22(6)24(23,31-22)18(15)29-19/h11-12,14-15,17-19H,10,13H2,1-9H3/t14-,15+,17-,18-,19-,22+,23-,24+/m1/s1. The van der Waals surface area contributed by atoms with Gasteiger partial charge in [0.2, 0.25) is 0 Å². The highest BCUT2D eigenvalue weighted by Gasteiger charge is 2.90. The second-order valence-electron chi connectivity index (χ2n) is 11.4. The van der Waals surface area contributed by atoms with Gasteiger partial charge >= 0.3 is 5.97 Å². The predicted molar refractivity (Wildman–Crippen MR) is 120 cm³/mol. The van der Waals surface area contributed by atoms with E-state index in [0.29, 0.717) is 6.61 Å². The summed E-state index contributed by atoms with van der Waals surface area (Å²) in [6, 6.07) is 0. The first-order valence-electron chi connectivity index (χ1n) is 11.7. The first-order valence-corrected chi connectivity index (χ1v) is 14.6. The van der Waals surface area contributed by atoms with E-state index < -0.39 is 49.4 Å². The van der Waals surface area contributed by atoms with Crippen molar-refractivity contribution in [1.29, 1.82) is 0 Å². The van der Waals surface area contributed by atoms with Crippen LogP contribution in [0.3, 0.4) is 0 Å². The number of ketones is 1. The Hall–Kier alpha value is -1.06. The van der Waals surface area contributed by atoms with E-state index in [2.05, 4.69) is 33.9 Å². The van der Waals surface area contributed by atoms with E-state index in [4.69, 9.17) is 23.4 Å². The molecule has 0 amide bonds. The maximum atomic E-state index is 14.0. The fourth-order valence-electron chi connectivity index (χ4n) is 5.93. The number of carbonyl (C=O) groups is 2. The van der Waals surface area contributed by atoms with Gasteiger partial charge in [0.25, 0.3) is 0 Å². The van der Waals surface area contributed by atoms with Crippen molar-refractivity contribution in [1.82, 2.24) is 0 Å². The first-order chi connectivity index (χ1) is 14.7. The molecule has 180 valence electrons. The number of epoxide rings is 1. The molecule has 4 aliphatic rings. The molecule has 0 aromatic heterocycles. The van der Waals surface area contributed by atoms with Crippen LogP contribution in [0.15, 0.2) is 12.2 Å². The second kappa shape index (κ2) is 7.22. The molecule has 0 N–H and O–H groups in total. The third kappa shape index (κ3) is 2.79.